The molecular formula is C10H14O8. The minimum atomic E-state index is -2.69. The summed E-state index contributed by atoms with van der Waals surface area (Å²) in [5, 5.41) is 9.06. The fourth-order valence-corrected chi connectivity index (χ4v) is 1.20. The number of hydrogen-bond acceptors (Lipinski definition) is 7. The van der Waals surface area contributed by atoms with Gasteiger partial charge in [0.15, 0.2) is 6.10 Å². The van der Waals surface area contributed by atoms with Gasteiger partial charge < -0.3 is 19.3 Å². The number of carboxylic acid groups (broad SMARTS) is 1. The highest BCUT2D eigenvalue weighted by atomic mass is 16.8. The Morgan fingerprint density at radius 3 is 1.56 bits per heavy atom. The minimum absolute atomic E-state index is 0.813. The van der Waals surface area contributed by atoms with Crippen molar-refractivity contribution < 1.29 is 38.5 Å². The highest BCUT2D eigenvalue weighted by Crippen LogP contribution is 2.22. The molecule has 1 atom stereocenters. The van der Waals surface area contributed by atoms with Crippen molar-refractivity contribution in [1.82, 2.24) is 0 Å². The molecule has 8 heteroatoms. The van der Waals surface area contributed by atoms with Gasteiger partial charge in [-0.3, -0.25) is 14.4 Å². The number of carbonyl (C=O) groups excluding carboxylic acids is 3. The van der Waals surface area contributed by atoms with E-state index in [2.05, 4.69) is 14.2 Å². The third kappa shape index (κ3) is 4.04. The van der Waals surface area contributed by atoms with Gasteiger partial charge in [0, 0.05) is 20.8 Å². The smallest absolute Gasteiger partial charge is 0.394 e. The molecule has 0 saturated heterocycles. The first-order chi connectivity index (χ1) is 8.11. The first kappa shape index (κ1) is 15.9. The Morgan fingerprint density at radius 2 is 1.33 bits per heavy atom. The molecule has 0 heterocycles. The molecule has 0 bridgehead atoms. The van der Waals surface area contributed by atoms with Crippen LogP contribution in [0.4, 0.5) is 0 Å². The zero-order valence-corrected chi connectivity index (χ0v) is 10.4. The molecule has 0 aromatic rings. The fourth-order valence-electron chi connectivity index (χ4n) is 1.20. The number of carboxylic acids is 1. The SMILES string of the molecule is CC(=O)OC(C)C(OC(C)=O)(OC(C)=O)C(=O)O. The Labute approximate surface area is 103 Å². The van der Waals surface area contributed by atoms with Crippen molar-refractivity contribution in [1.29, 1.82) is 0 Å². The monoisotopic (exact) mass is 262 g/mol. The van der Waals surface area contributed by atoms with Crippen LogP contribution in [0.1, 0.15) is 27.7 Å². The van der Waals surface area contributed by atoms with Crippen molar-refractivity contribution in [3.8, 4) is 0 Å². The molecule has 1 unspecified atom stereocenters. The Morgan fingerprint density at radius 1 is 0.944 bits per heavy atom. The van der Waals surface area contributed by atoms with E-state index in [1.165, 1.54) is 0 Å². The largest absolute Gasteiger partial charge is 0.475 e. The predicted octanol–water partition coefficient (Wildman–Crippen LogP) is -0.155. The summed E-state index contributed by atoms with van der Waals surface area (Å²) in [6, 6.07) is 0. The van der Waals surface area contributed by atoms with E-state index in [1.54, 1.807) is 0 Å². The molecule has 1 N–H and O–H groups in total. The van der Waals surface area contributed by atoms with Crippen LogP contribution in [-0.2, 0) is 33.4 Å². The van der Waals surface area contributed by atoms with Gasteiger partial charge in [0.2, 0.25) is 0 Å². The number of rotatable bonds is 5. The van der Waals surface area contributed by atoms with Gasteiger partial charge in [-0.2, -0.15) is 0 Å². The van der Waals surface area contributed by atoms with Crippen LogP contribution in [0.2, 0.25) is 0 Å². The molecule has 8 nitrogen and oxygen atoms in total. The molecule has 0 radical (unpaired) electrons. The van der Waals surface area contributed by atoms with Crippen molar-refractivity contribution >= 4 is 23.9 Å². The Balaban J connectivity index is 5.43. The van der Waals surface area contributed by atoms with E-state index in [1.807, 2.05) is 0 Å². The molecular weight excluding hydrogens is 248 g/mol. The average molecular weight is 262 g/mol. The molecule has 0 aliphatic rings. The van der Waals surface area contributed by atoms with Crippen LogP contribution in [0.5, 0.6) is 0 Å². The summed E-state index contributed by atoms with van der Waals surface area (Å²) in [7, 11) is 0. The van der Waals surface area contributed by atoms with Crippen LogP contribution >= 0.6 is 0 Å². The molecule has 0 fully saturated rings. The topological polar surface area (TPSA) is 116 Å². The van der Waals surface area contributed by atoms with Crippen molar-refractivity contribution in [2.24, 2.45) is 0 Å². The second-order valence-corrected chi connectivity index (χ2v) is 3.41. The molecule has 18 heavy (non-hydrogen) atoms. The van der Waals surface area contributed by atoms with Gasteiger partial charge in [-0.15, -0.1) is 0 Å². The molecule has 0 aliphatic heterocycles. The third-order valence-electron chi connectivity index (χ3n) is 1.77. The van der Waals surface area contributed by atoms with Gasteiger partial charge in [0.1, 0.15) is 0 Å². The summed E-state index contributed by atoms with van der Waals surface area (Å²) >= 11 is 0. The number of esters is 3. The van der Waals surface area contributed by atoms with Crippen molar-refractivity contribution in [3.63, 3.8) is 0 Å². The second kappa shape index (κ2) is 5.99. The van der Waals surface area contributed by atoms with Crippen LogP contribution in [-0.4, -0.2) is 40.9 Å². The summed E-state index contributed by atoms with van der Waals surface area (Å²) in [4.78, 5) is 43.8. The molecule has 0 spiro atoms. The highest BCUT2D eigenvalue weighted by Gasteiger charge is 2.53. The maximum atomic E-state index is 11.2. The fraction of sp³-hybridized carbons (Fsp3) is 0.600. The van der Waals surface area contributed by atoms with Crippen LogP contribution < -0.4 is 0 Å². The Kier molecular flexibility index (Phi) is 5.28. The average Bonchev–Trinajstić information content (AvgIpc) is 2.13. The lowest BCUT2D eigenvalue weighted by atomic mass is 10.1. The maximum absolute atomic E-state index is 11.2. The summed E-state index contributed by atoms with van der Waals surface area (Å²) in [6.07, 6.45) is -1.50. The van der Waals surface area contributed by atoms with Crippen LogP contribution in [0.3, 0.4) is 0 Å². The van der Waals surface area contributed by atoms with Crippen molar-refractivity contribution in [3.05, 3.63) is 0 Å². The van der Waals surface area contributed by atoms with E-state index < -0.39 is 35.8 Å². The first-order valence-electron chi connectivity index (χ1n) is 4.91. The highest BCUT2D eigenvalue weighted by molar-refractivity contribution is 5.84. The summed E-state index contributed by atoms with van der Waals surface area (Å²) in [5.74, 6) is -7.27. The van der Waals surface area contributed by atoms with E-state index in [9.17, 15) is 19.2 Å². The Hall–Kier alpha value is -2.12. The van der Waals surface area contributed by atoms with E-state index in [0.29, 0.717) is 0 Å². The number of ether oxygens (including phenoxy) is 3. The van der Waals surface area contributed by atoms with Crippen LogP contribution in [0, 0.1) is 0 Å². The van der Waals surface area contributed by atoms with Gasteiger partial charge in [-0.05, 0) is 6.92 Å². The molecule has 0 aromatic carbocycles. The van der Waals surface area contributed by atoms with E-state index in [0.717, 1.165) is 27.7 Å². The number of aliphatic carboxylic acids is 1. The van der Waals surface area contributed by atoms with Gasteiger partial charge in [0.25, 0.3) is 0 Å². The van der Waals surface area contributed by atoms with Gasteiger partial charge in [-0.25, -0.2) is 4.79 Å². The quantitative estimate of drug-likeness (QED) is 0.536. The van der Waals surface area contributed by atoms with Crippen LogP contribution in [0.15, 0.2) is 0 Å². The zero-order valence-electron chi connectivity index (χ0n) is 10.4. The van der Waals surface area contributed by atoms with Crippen molar-refractivity contribution in [2.45, 2.75) is 39.6 Å². The molecule has 0 amide bonds. The molecule has 0 aliphatic carbocycles. The van der Waals surface area contributed by atoms with Crippen molar-refractivity contribution in [2.75, 3.05) is 0 Å². The van der Waals surface area contributed by atoms with Crippen LogP contribution in [0.25, 0.3) is 0 Å². The number of carbonyl (C=O) groups is 4. The van der Waals surface area contributed by atoms with E-state index in [-0.39, 0.29) is 0 Å². The number of hydrogen-bond donors (Lipinski definition) is 1. The molecule has 0 saturated carbocycles. The maximum Gasteiger partial charge on any atom is 0.394 e. The van der Waals surface area contributed by atoms with Gasteiger partial charge in [-0.1, -0.05) is 0 Å². The van der Waals surface area contributed by atoms with Gasteiger partial charge in [0.05, 0.1) is 0 Å². The molecule has 0 rings (SSSR count). The summed E-state index contributed by atoms with van der Waals surface area (Å²) in [5.41, 5.74) is 0. The lowest BCUT2D eigenvalue weighted by molar-refractivity contribution is -0.261. The second-order valence-electron chi connectivity index (χ2n) is 3.41. The summed E-state index contributed by atoms with van der Waals surface area (Å²) in [6.45, 7) is 4.02. The first-order valence-corrected chi connectivity index (χ1v) is 4.91. The lowest BCUT2D eigenvalue weighted by Crippen LogP contribution is -2.56. The predicted molar refractivity (Wildman–Crippen MR) is 55.1 cm³/mol. The van der Waals surface area contributed by atoms with E-state index >= 15 is 0 Å². The zero-order chi connectivity index (χ0) is 14.5. The van der Waals surface area contributed by atoms with Gasteiger partial charge >= 0.3 is 29.7 Å². The lowest BCUT2D eigenvalue weighted by Gasteiger charge is -2.31. The normalized spacial score (nSPS) is 12.2. The standard InChI is InChI=1S/C10H14O8/c1-5(16-6(2)11)10(9(14)15,17-7(3)12)18-8(4)13/h5H,1-4H3,(H,14,15). The van der Waals surface area contributed by atoms with E-state index in [4.69, 9.17) is 5.11 Å². The summed E-state index contributed by atoms with van der Waals surface area (Å²) < 4.78 is 13.6. The minimum Gasteiger partial charge on any atom is -0.475 e. The third-order valence-corrected chi connectivity index (χ3v) is 1.77. The molecule has 102 valence electrons. The molecule has 0 aromatic heterocycles. The Bertz CT molecular complexity index is 356.